The van der Waals surface area contributed by atoms with E-state index >= 15 is 0 Å². The van der Waals surface area contributed by atoms with Gasteiger partial charge in [-0.1, -0.05) is 68.3 Å². The van der Waals surface area contributed by atoms with Crippen LogP contribution in [0.1, 0.15) is 128 Å². The molecule has 12 nitrogen and oxygen atoms in total. The third-order valence-corrected chi connectivity index (χ3v) is 10.2. The molecule has 0 N–H and O–H groups in total. The summed E-state index contributed by atoms with van der Waals surface area (Å²) < 4.78 is 49.9. The van der Waals surface area contributed by atoms with Crippen LogP contribution >= 0.6 is 31.9 Å². The zero-order chi connectivity index (χ0) is 48.8. The smallest absolute Gasteiger partial charge is 0.344 e. The molecule has 14 heteroatoms. The van der Waals surface area contributed by atoms with Crippen molar-refractivity contribution in [2.75, 3.05) is 26.4 Å². The van der Waals surface area contributed by atoms with Crippen LogP contribution in [0.5, 0.6) is 23.0 Å². The molecule has 0 aliphatic heterocycles. The molecule has 0 radical (unpaired) electrons. The molecule has 0 unspecified atom stereocenters. The van der Waals surface area contributed by atoms with Crippen molar-refractivity contribution in [3.8, 4) is 23.0 Å². The second-order valence-electron chi connectivity index (χ2n) is 20.1. The van der Waals surface area contributed by atoms with Crippen molar-refractivity contribution in [2.24, 2.45) is 0 Å². The Balaban J connectivity index is 1.77. The third kappa shape index (κ3) is 16.1. The van der Waals surface area contributed by atoms with Gasteiger partial charge in [-0.15, -0.1) is 0 Å². The maximum atomic E-state index is 13.2. The summed E-state index contributed by atoms with van der Waals surface area (Å²) in [5.41, 5.74) is 2.68. The predicted octanol–water partition coefficient (Wildman–Crippen LogP) is 10.8. The molecule has 66 heavy (non-hydrogen) atoms. The van der Waals surface area contributed by atoms with Crippen LogP contribution in [0, 0.1) is 0 Å². The minimum absolute atomic E-state index is 0.237. The van der Waals surface area contributed by atoms with E-state index in [4.69, 9.17) is 37.9 Å². The Hall–Kier alpha value is -5.08. The predicted molar refractivity (Wildman–Crippen MR) is 258 cm³/mol. The monoisotopic (exact) mass is 1040 g/mol. The SMILES string of the molecule is CC(C)(C)OC(=O)COc1c2cccc1Cc1cc(Br)cc(c1OCC(=O)OC(C)(C)C)Cc1cccc(c1OCC(=O)OC(C)(C)C)Cc1cc(Br)cc(c1OCC(=O)OC(C)(C)C)C2. The second-order valence-corrected chi connectivity index (χ2v) is 22.0. The van der Waals surface area contributed by atoms with E-state index in [0.29, 0.717) is 67.5 Å². The highest BCUT2D eigenvalue weighted by Crippen LogP contribution is 2.41. The van der Waals surface area contributed by atoms with Crippen LogP contribution < -0.4 is 18.9 Å². The average molecular weight is 1040 g/mol. The van der Waals surface area contributed by atoms with Gasteiger partial charge in [0.05, 0.1) is 0 Å². The van der Waals surface area contributed by atoms with E-state index in [1.165, 1.54) is 0 Å². The molecule has 1 aliphatic carbocycles. The summed E-state index contributed by atoms with van der Waals surface area (Å²) in [6.07, 6.45) is 0.950. The summed E-state index contributed by atoms with van der Waals surface area (Å²) in [6.45, 7) is 20.0. The Morgan fingerprint density at radius 2 is 0.576 bits per heavy atom. The summed E-state index contributed by atoms with van der Waals surface area (Å²) in [5.74, 6) is -0.427. The number of esters is 4. The molecule has 5 rings (SSSR count). The highest BCUT2D eigenvalue weighted by atomic mass is 79.9. The van der Waals surface area contributed by atoms with Crippen LogP contribution in [0.3, 0.4) is 0 Å². The van der Waals surface area contributed by atoms with Gasteiger partial charge < -0.3 is 37.9 Å². The van der Waals surface area contributed by atoms with Crippen molar-refractivity contribution >= 4 is 55.7 Å². The Morgan fingerprint density at radius 1 is 0.379 bits per heavy atom. The summed E-state index contributed by atoms with van der Waals surface area (Å²) in [6, 6.07) is 19.1. The zero-order valence-electron chi connectivity index (χ0n) is 40.1. The van der Waals surface area contributed by atoms with E-state index in [2.05, 4.69) is 31.9 Å². The molecule has 356 valence electrons. The molecule has 4 aromatic rings. The maximum absolute atomic E-state index is 13.2. The first kappa shape index (κ1) is 51.9. The van der Waals surface area contributed by atoms with Crippen LogP contribution in [-0.2, 0) is 63.8 Å². The van der Waals surface area contributed by atoms with Crippen molar-refractivity contribution in [2.45, 2.75) is 131 Å². The van der Waals surface area contributed by atoms with Gasteiger partial charge in [-0.25, -0.2) is 19.2 Å². The van der Waals surface area contributed by atoms with Gasteiger partial charge in [0, 0.05) is 56.9 Å². The normalized spacial score (nSPS) is 12.9. The molecule has 0 amide bonds. The first-order valence-electron chi connectivity index (χ1n) is 21.8. The quantitative estimate of drug-likeness (QED) is 0.0867. The molecule has 1 aliphatic rings. The minimum Gasteiger partial charge on any atom is -0.481 e. The van der Waals surface area contributed by atoms with Crippen molar-refractivity contribution < 1.29 is 57.1 Å². The van der Waals surface area contributed by atoms with Crippen molar-refractivity contribution in [1.29, 1.82) is 0 Å². The van der Waals surface area contributed by atoms with Crippen LogP contribution in [0.4, 0.5) is 0 Å². The number of carbonyl (C=O) groups is 4. The van der Waals surface area contributed by atoms with Gasteiger partial charge in [0.1, 0.15) is 45.4 Å². The van der Waals surface area contributed by atoms with Gasteiger partial charge in [0.15, 0.2) is 26.4 Å². The number of fused-ring (bicyclic) bond motifs is 8. The number of hydrogen-bond donors (Lipinski definition) is 0. The number of hydrogen-bond acceptors (Lipinski definition) is 12. The van der Waals surface area contributed by atoms with Gasteiger partial charge in [0.25, 0.3) is 0 Å². The van der Waals surface area contributed by atoms with E-state index in [0.717, 1.165) is 8.95 Å². The standard InChI is InChI=1S/C52H62Br2O12/c1-49(2,3)63-41(55)27-59-45-31-15-13-16-32(45)20-36-24-40(54)26-38(48(36)62-30-44(58)66-52(10,11)12)22-34-18-14-17-33(46(34)60-28-42(56)64-50(4,5)6)21-37-25-39(53)23-35(19-31)47(37)61-29-43(57)65-51(7,8)9/h13-18,23-26H,19-22,27-30H2,1-12H3. The number of benzene rings is 4. The Bertz CT molecular complexity index is 2170. The van der Waals surface area contributed by atoms with Crippen LogP contribution in [0.2, 0.25) is 0 Å². The van der Waals surface area contributed by atoms with E-state index < -0.39 is 46.3 Å². The fourth-order valence-electron chi connectivity index (χ4n) is 7.35. The Morgan fingerprint density at radius 3 is 0.773 bits per heavy atom. The van der Waals surface area contributed by atoms with E-state index in [1.807, 2.05) is 60.7 Å². The van der Waals surface area contributed by atoms with E-state index in [9.17, 15) is 19.2 Å². The molecule has 8 bridgehead atoms. The minimum atomic E-state index is -0.743. The van der Waals surface area contributed by atoms with Crippen molar-refractivity contribution in [3.63, 3.8) is 0 Å². The molecular formula is C52H62Br2O12. The highest BCUT2D eigenvalue weighted by Gasteiger charge is 2.27. The molecule has 0 atom stereocenters. The first-order chi connectivity index (χ1) is 30.6. The lowest BCUT2D eigenvalue weighted by molar-refractivity contribution is -0.158. The lowest BCUT2D eigenvalue weighted by Gasteiger charge is -2.24. The van der Waals surface area contributed by atoms with Gasteiger partial charge in [-0.05, 0) is 130 Å². The summed E-state index contributed by atoms with van der Waals surface area (Å²) >= 11 is 7.49. The van der Waals surface area contributed by atoms with Gasteiger partial charge in [-0.2, -0.15) is 0 Å². The molecule has 0 saturated carbocycles. The third-order valence-electron chi connectivity index (χ3n) is 9.31. The largest absolute Gasteiger partial charge is 0.481 e. The van der Waals surface area contributed by atoms with Crippen LogP contribution in [-0.4, -0.2) is 72.7 Å². The first-order valence-corrected chi connectivity index (χ1v) is 23.4. The Kier molecular flexibility index (Phi) is 16.7. The number of para-hydroxylation sites is 2. The number of carbonyl (C=O) groups excluding carboxylic acids is 4. The molecule has 0 spiro atoms. The second kappa shape index (κ2) is 21.3. The molecule has 4 aromatic carbocycles. The number of rotatable bonds is 12. The number of halogens is 2. The summed E-state index contributed by atoms with van der Waals surface area (Å²) in [7, 11) is 0. The summed E-state index contributed by atoms with van der Waals surface area (Å²) in [5, 5.41) is 0. The lowest BCUT2D eigenvalue weighted by atomic mass is 9.91. The van der Waals surface area contributed by atoms with Gasteiger partial charge >= 0.3 is 23.9 Å². The molecule has 0 aromatic heterocycles. The molecule has 0 heterocycles. The van der Waals surface area contributed by atoms with Crippen molar-refractivity contribution in [1.82, 2.24) is 0 Å². The summed E-state index contributed by atoms with van der Waals surface area (Å²) in [4.78, 5) is 52.8. The fraction of sp³-hybridized carbons (Fsp3) is 0.462. The average Bonchev–Trinajstić information content (AvgIpc) is 3.13. The van der Waals surface area contributed by atoms with E-state index in [-0.39, 0.29) is 52.1 Å². The molecule has 0 fully saturated rings. The van der Waals surface area contributed by atoms with E-state index in [1.54, 1.807) is 83.1 Å². The van der Waals surface area contributed by atoms with Crippen molar-refractivity contribution in [3.05, 3.63) is 114 Å². The molecular weight excluding hydrogens is 976 g/mol. The highest BCUT2D eigenvalue weighted by molar-refractivity contribution is 9.10. The lowest BCUT2D eigenvalue weighted by Crippen LogP contribution is -2.28. The number of ether oxygens (including phenoxy) is 8. The van der Waals surface area contributed by atoms with Gasteiger partial charge in [-0.3, -0.25) is 0 Å². The van der Waals surface area contributed by atoms with Crippen LogP contribution in [0.15, 0.2) is 69.6 Å². The maximum Gasteiger partial charge on any atom is 0.344 e. The Labute approximate surface area is 405 Å². The molecule has 0 saturated heterocycles. The van der Waals surface area contributed by atoms with Gasteiger partial charge in [0.2, 0.25) is 0 Å². The zero-order valence-corrected chi connectivity index (χ0v) is 43.3. The fourth-order valence-corrected chi connectivity index (χ4v) is 8.46. The van der Waals surface area contributed by atoms with Crippen LogP contribution in [0.25, 0.3) is 0 Å². The topological polar surface area (TPSA) is 142 Å².